The predicted molar refractivity (Wildman–Crippen MR) is 81.0 cm³/mol. The first-order valence-corrected chi connectivity index (χ1v) is 8.16. The summed E-state index contributed by atoms with van der Waals surface area (Å²) in [6.45, 7) is 7.18. The third kappa shape index (κ3) is 2.93. The summed E-state index contributed by atoms with van der Waals surface area (Å²) >= 11 is 0. The van der Waals surface area contributed by atoms with Crippen LogP contribution in [0, 0.1) is 23.2 Å². The topological polar surface area (TPSA) is 83.8 Å². The molecule has 0 bridgehead atoms. The van der Waals surface area contributed by atoms with Crippen molar-refractivity contribution in [3.63, 3.8) is 0 Å². The average Bonchev–Trinajstić information content (AvgIpc) is 2.40. The molecule has 0 heterocycles. The lowest BCUT2D eigenvalue weighted by atomic mass is 9.51. The predicted octanol–water partition coefficient (Wildman–Crippen LogP) is 1.69. The monoisotopic (exact) mass is 312 g/mol. The number of ketones is 1. The summed E-state index contributed by atoms with van der Waals surface area (Å²) in [5, 5.41) is 21.6. The Hall–Kier alpha value is -0.940. The molecule has 0 unspecified atom stereocenters. The van der Waals surface area contributed by atoms with Crippen molar-refractivity contribution in [1.29, 1.82) is 0 Å². The first-order chi connectivity index (χ1) is 10.1. The number of aliphatic hydroxyl groups is 2. The Kier molecular flexibility index (Phi) is 4.69. The van der Waals surface area contributed by atoms with Crippen molar-refractivity contribution in [2.24, 2.45) is 23.2 Å². The summed E-state index contributed by atoms with van der Waals surface area (Å²) in [6, 6.07) is 0. The highest BCUT2D eigenvalue weighted by molar-refractivity contribution is 5.86. The van der Waals surface area contributed by atoms with E-state index < -0.39 is 23.0 Å². The van der Waals surface area contributed by atoms with Gasteiger partial charge in [0.15, 0.2) is 0 Å². The first kappa shape index (κ1) is 17.4. The highest BCUT2D eigenvalue weighted by Gasteiger charge is 2.59. The van der Waals surface area contributed by atoms with Crippen molar-refractivity contribution in [1.82, 2.24) is 0 Å². The van der Waals surface area contributed by atoms with Gasteiger partial charge in [0.05, 0.1) is 18.3 Å². The number of carbonyl (C=O) groups excluding carboxylic acids is 2. The van der Waals surface area contributed by atoms with E-state index in [1.165, 1.54) is 6.92 Å². The molecule has 2 aliphatic carbocycles. The van der Waals surface area contributed by atoms with E-state index in [2.05, 4.69) is 0 Å². The second kappa shape index (κ2) is 5.93. The molecule has 6 atom stereocenters. The summed E-state index contributed by atoms with van der Waals surface area (Å²) < 4.78 is 5.06. The number of carbonyl (C=O) groups is 2. The van der Waals surface area contributed by atoms with Crippen LogP contribution in [-0.4, -0.2) is 40.3 Å². The third-order valence-electron chi connectivity index (χ3n) is 5.91. The van der Waals surface area contributed by atoms with Gasteiger partial charge in [-0.1, -0.05) is 13.8 Å². The summed E-state index contributed by atoms with van der Waals surface area (Å²) in [5.41, 5.74) is -1.69. The molecule has 2 N–H and O–H groups in total. The fourth-order valence-corrected chi connectivity index (χ4v) is 4.59. The van der Waals surface area contributed by atoms with Gasteiger partial charge in [-0.05, 0) is 38.0 Å². The van der Waals surface area contributed by atoms with Gasteiger partial charge in [0, 0.05) is 24.7 Å². The van der Waals surface area contributed by atoms with Gasteiger partial charge in [0.25, 0.3) is 0 Å². The molecule has 0 aliphatic heterocycles. The van der Waals surface area contributed by atoms with E-state index in [9.17, 15) is 19.8 Å². The van der Waals surface area contributed by atoms with Crippen LogP contribution in [0.2, 0.25) is 0 Å². The molecule has 0 spiro atoms. The molecule has 5 nitrogen and oxygen atoms in total. The fraction of sp³-hybridized carbons (Fsp3) is 0.882. The van der Waals surface area contributed by atoms with Crippen molar-refractivity contribution >= 4 is 11.8 Å². The molecule has 22 heavy (non-hydrogen) atoms. The Morgan fingerprint density at radius 3 is 2.64 bits per heavy atom. The molecule has 0 amide bonds. The number of fused-ring (bicyclic) bond motifs is 1. The molecule has 126 valence electrons. The molecule has 0 aromatic heterocycles. The molecule has 2 saturated carbocycles. The molecule has 2 rings (SSSR count). The van der Waals surface area contributed by atoms with Crippen molar-refractivity contribution < 1.29 is 24.5 Å². The van der Waals surface area contributed by atoms with Crippen LogP contribution in [-0.2, 0) is 14.3 Å². The van der Waals surface area contributed by atoms with E-state index >= 15 is 0 Å². The molecule has 2 aliphatic rings. The second-order valence-electron chi connectivity index (χ2n) is 7.65. The minimum Gasteiger partial charge on any atom is -0.466 e. The van der Waals surface area contributed by atoms with Gasteiger partial charge < -0.3 is 14.9 Å². The highest BCUT2D eigenvalue weighted by Crippen LogP contribution is 2.54. The van der Waals surface area contributed by atoms with Crippen LogP contribution in [0.3, 0.4) is 0 Å². The van der Waals surface area contributed by atoms with E-state index in [4.69, 9.17) is 4.74 Å². The van der Waals surface area contributed by atoms with Gasteiger partial charge >= 0.3 is 5.97 Å². The maximum Gasteiger partial charge on any atom is 0.302 e. The number of esters is 1. The van der Waals surface area contributed by atoms with Gasteiger partial charge in [-0.25, -0.2) is 0 Å². The highest BCUT2D eigenvalue weighted by atomic mass is 16.5. The SMILES string of the molecule is CC(=O)OC[C@@H](C)[C@@H]1CC[C@@]2(C)C(=O)CC[C@@](C)(O)[C@@H]2[C@H]1O. The van der Waals surface area contributed by atoms with E-state index in [1.807, 2.05) is 13.8 Å². The lowest BCUT2D eigenvalue weighted by Gasteiger charge is -2.56. The van der Waals surface area contributed by atoms with Gasteiger partial charge in [0.1, 0.15) is 5.78 Å². The number of ether oxygens (including phenoxy) is 1. The number of hydrogen-bond donors (Lipinski definition) is 2. The van der Waals surface area contributed by atoms with Crippen LogP contribution in [0.4, 0.5) is 0 Å². The quantitative estimate of drug-likeness (QED) is 0.775. The van der Waals surface area contributed by atoms with Crippen LogP contribution in [0.1, 0.15) is 53.4 Å². The van der Waals surface area contributed by atoms with Crippen molar-refractivity contribution in [3.05, 3.63) is 0 Å². The average molecular weight is 312 g/mol. The van der Waals surface area contributed by atoms with E-state index in [0.29, 0.717) is 25.7 Å². The maximum atomic E-state index is 12.4. The summed E-state index contributed by atoms with van der Waals surface area (Å²) in [5.74, 6) is -0.721. The van der Waals surface area contributed by atoms with E-state index in [0.717, 1.165) is 0 Å². The Morgan fingerprint density at radius 1 is 1.41 bits per heavy atom. The Labute approximate surface area is 132 Å². The number of Topliss-reactive ketones (excluding diaryl/α,β-unsaturated/α-hetero) is 1. The van der Waals surface area contributed by atoms with Gasteiger partial charge in [-0.2, -0.15) is 0 Å². The van der Waals surface area contributed by atoms with Gasteiger partial charge in [-0.3, -0.25) is 9.59 Å². The molecule has 0 aromatic carbocycles. The molecular formula is C17H28O5. The third-order valence-corrected chi connectivity index (χ3v) is 5.91. The zero-order valence-electron chi connectivity index (χ0n) is 14.0. The smallest absolute Gasteiger partial charge is 0.302 e. The normalized spacial score (nSPS) is 43.4. The lowest BCUT2D eigenvalue weighted by Crippen LogP contribution is -2.62. The number of hydrogen-bond acceptors (Lipinski definition) is 5. The van der Waals surface area contributed by atoms with Gasteiger partial charge in [0.2, 0.25) is 0 Å². The standard InChI is InChI=1S/C17H28O5/c1-10(9-22-11(2)18)12-5-7-16(3)13(19)6-8-17(4,21)15(16)14(12)20/h10,12,14-15,20-21H,5-9H2,1-4H3/t10-,12+,14+,15-,16+,17-/m1/s1. The van der Waals surface area contributed by atoms with Crippen LogP contribution in [0.15, 0.2) is 0 Å². The second-order valence-corrected chi connectivity index (χ2v) is 7.65. The minimum atomic E-state index is -1.04. The minimum absolute atomic E-state index is 0.00345. The van der Waals surface area contributed by atoms with Crippen LogP contribution < -0.4 is 0 Å². The van der Waals surface area contributed by atoms with Crippen molar-refractivity contribution in [2.75, 3.05) is 6.61 Å². The molecule has 0 radical (unpaired) electrons. The fourth-order valence-electron chi connectivity index (χ4n) is 4.59. The largest absolute Gasteiger partial charge is 0.466 e. The summed E-state index contributed by atoms with van der Waals surface area (Å²) in [6.07, 6.45) is 1.38. The molecular weight excluding hydrogens is 284 g/mol. The van der Waals surface area contributed by atoms with Crippen molar-refractivity contribution in [2.45, 2.75) is 65.1 Å². The first-order valence-electron chi connectivity index (χ1n) is 8.16. The van der Waals surface area contributed by atoms with E-state index in [-0.39, 0.29) is 30.2 Å². The van der Waals surface area contributed by atoms with Crippen molar-refractivity contribution in [3.8, 4) is 0 Å². The van der Waals surface area contributed by atoms with Crippen LogP contribution >= 0.6 is 0 Å². The zero-order valence-corrected chi connectivity index (χ0v) is 14.0. The van der Waals surface area contributed by atoms with E-state index in [1.54, 1.807) is 6.92 Å². The van der Waals surface area contributed by atoms with Crippen LogP contribution in [0.5, 0.6) is 0 Å². The number of aliphatic hydroxyl groups excluding tert-OH is 1. The zero-order chi connectivity index (χ0) is 16.7. The van der Waals surface area contributed by atoms with Gasteiger partial charge in [-0.15, -0.1) is 0 Å². The molecule has 2 fully saturated rings. The Balaban J connectivity index is 2.20. The summed E-state index contributed by atoms with van der Waals surface area (Å²) in [4.78, 5) is 23.4. The van der Waals surface area contributed by atoms with Crippen LogP contribution in [0.25, 0.3) is 0 Å². The molecule has 0 aromatic rings. The lowest BCUT2D eigenvalue weighted by molar-refractivity contribution is -0.192. The summed E-state index contributed by atoms with van der Waals surface area (Å²) in [7, 11) is 0. The maximum absolute atomic E-state index is 12.4. The molecule has 0 saturated heterocycles. The molecule has 5 heteroatoms. The Bertz CT molecular complexity index is 458. The Morgan fingerprint density at radius 2 is 2.05 bits per heavy atom. The number of rotatable bonds is 3.